The van der Waals surface area contributed by atoms with E-state index in [1.165, 1.54) is 0 Å². The Morgan fingerprint density at radius 3 is 2.37 bits per heavy atom. The number of rotatable bonds is 9. The molecule has 12 heteroatoms. The van der Waals surface area contributed by atoms with Crippen LogP contribution in [0.25, 0.3) is 45.1 Å². The van der Waals surface area contributed by atoms with Gasteiger partial charge in [0, 0.05) is 30.6 Å². The lowest BCUT2D eigenvalue weighted by Gasteiger charge is -2.27. The van der Waals surface area contributed by atoms with Crippen molar-refractivity contribution in [2.45, 2.75) is 91.0 Å². The fourth-order valence-corrected chi connectivity index (χ4v) is 5.96. The van der Waals surface area contributed by atoms with Crippen molar-refractivity contribution in [3.63, 3.8) is 0 Å². The van der Waals surface area contributed by atoms with Crippen molar-refractivity contribution in [3.05, 3.63) is 66.5 Å². The van der Waals surface area contributed by atoms with E-state index in [-0.39, 0.29) is 18.7 Å². The van der Waals surface area contributed by atoms with E-state index in [0.717, 1.165) is 46.7 Å². The van der Waals surface area contributed by atoms with Crippen LogP contribution < -0.4 is 0 Å². The number of nitrogens with one attached hydrogen (secondary N) is 2. The SMILES string of the molecule is C#CCCCN(Cc1ncc(-c2ccc(-c3nc4cc(-c5cnc([C@@H]6CCCN6C(=O)OC(C)(C)C)[nH]5)ccc4o3)cc2)[nH]1)C(=O)OC(C)(C)C. The number of ether oxygens (including phenoxy) is 2. The lowest BCUT2D eigenvalue weighted by atomic mass is 10.1. The Labute approximate surface area is 298 Å². The van der Waals surface area contributed by atoms with Gasteiger partial charge in [-0.15, -0.1) is 12.3 Å². The number of oxazole rings is 1. The maximum atomic E-state index is 12.9. The van der Waals surface area contributed by atoms with E-state index in [1.54, 1.807) is 22.2 Å². The lowest BCUT2D eigenvalue weighted by Crippen LogP contribution is -2.37. The Morgan fingerprint density at radius 2 is 1.65 bits per heavy atom. The summed E-state index contributed by atoms with van der Waals surface area (Å²) in [7, 11) is 0. The van der Waals surface area contributed by atoms with E-state index in [0.29, 0.717) is 48.7 Å². The van der Waals surface area contributed by atoms with Gasteiger partial charge in [0.2, 0.25) is 5.89 Å². The predicted octanol–water partition coefficient (Wildman–Crippen LogP) is 8.50. The maximum absolute atomic E-state index is 12.9. The van der Waals surface area contributed by atoms with E-state index in [4.69, 9.17) is 25.3 Å². The quantitative estimate of drug-likeness (QED) is 0.116. The summed E-state index contributed by atoms with van der Waals surface area (Å²) in [5, 5.41) is 0. The molecule has 2 aromatic carbocycles. The number of likely N-dealkylation sites (tertiary alicyclic amines) is 1. The molecule has 0 spiro atoms. The van der Waals surface area contributed by atoms with Crippen molar-refractivity contribution in [3.8, 4) is 46.3 Å². The molecule has 0 saturated carbocycles. The molecule has 0 unspecified atom stereocenters. The van der Waals surface area contributed by atoms with Crippen molar-refractivity contribution < 1.29 is 23.5 Å². The second-order valence-corrected chi connectivity index (χ2v) is 14.7. The molecular weight excluding hydrogens is 646 g/mol. The number of carbonyl (C=O) groups excluding carboxylic acids is 2. The Bertz CT molecular complexity index is 2040. The first-order valence-corrected chi connectivity index (χ1v) is 17.3. The summed E-state index contributed by atoms with van der Waals surface area (Å²) >= 11 is 0. The van der Waals surface area contributed by atoms with Crippen LogP contribution in [0, 0.1) is 12.3 Å². The number of carbonyl (C=O) groups is 2. The van der Waals surface area contributed by atoms with Crippen LogP contribution in [0.15, 0.2) is 59.3 Å². The molecule has 51 heavy (non-hydrogen) atoms. The van der Waals surface area contributed by atoms with Crippen LogP contribution in [-0.4, -0.2) is 71.2 Å². The number of H-pyrrole nitrogens is 2. The number of terminal acetylenes is 1. The largest absolute Gasteiger partial charge is 0.444 e. The van der Waals surface area contributed by atoms with Crippen molar-refractivity contribution in [2.75, 3.05) is 13.1 Å². The highest BCUT2D eigenvalue weighted by Crippen LogP contribution is 2.34. The number of hydrogen-bond donors (Lipinski definition) is 2. The summed E-state index contributed by atoms with van der Waals surface area (Å²) in [6, 6.07) is 13.5. The van der Waals surface area contributed by atoms with Crippen LogP contribution in [0.4, 0.5) is 9.59 Å². The van der Waals surface area contributed by atoms with Gasteiger partial charge < -0.3 is 28.8 Å². The van der Waals surface area contributed by atoms with Gasteiger partial charge in [-0.1, -0.05) is 12.1 Å². The molecule has 1 saturated heterocycles. The average Bonchev–Trinajstić information content (AvgIpc) is 3.89. The van der Waals surface area contributed by atoms with Gasteiger partial charge in [0.05, 0.1) is 36.4 Å². The summed E-state index contributed by atoms with van der Waals surface area (Å²) in [5.41, 5.74) is 4.52. The van der Waals surface area contributed by atoms with Crippen LogP contribution in [0.5, 0.6) is 0 Å². The molecule has 1 atom stereocenters. The zero-order valence-corrected chi connectivity index (χ0v) is 30.1. The second-order valence-electron chi connectivity index (χ2n) is 14.7. The molecule has 1 fully saturated rings. The van der Waals surface area contributed by atoms with Crippen molar-refractivity contribution >= 4 is 23.3 Å². The first-order valence-electron chi connectivity index (χ1n) is 17.3. The fraction of sp³-hybridized carbons (Fsp3) is 0.410. The number of hydrogen-bond acceptors (Lipinski definition) is 8. The number of fused-ring (bicyclic) bond motifs is 1. The van der Waals surface area contributed by atoms with Gasteiger partial charge in [0.1, 0.15) is 28.4 Å². The molecule has 2 N–H and O–H groups in total. The summed E-state index contributed by atoms with van der Waals surface area (Å²) in [6.45, 7) is 12.5. The molecule has 0 bridgehead atoms. The molecule has 0 aliphatic carbocycles. The molecule has 266 valence electrons. The van der Waals surface area contributed by atoms with Gasteiger partial charge in [-0.2, -0.15) is 0 Å². The number of amides is 2. The first-order chi connectivity index (χ1) is 24.3. The zero-order chi connectivity index (χ0) is 36.3. The smallest absolute Gasteiger partial charge is 0.410 e. The number of unbranched alkanes of at least 4 members (excludes halogenated alkanes) is 1. The minimum absolute atomic E-state index is 0.163. The molecule has 6 rings (SSSR count). The lowest BCUT2D eigenvalue weighted by molar-refractivity contribution is 0.0212. The predicted molar refractivity (Wildman–Crippen MR) is 194 cm³/mol. The minimum Gasteiger partial charge on any atom is -0.444 e. The van der Waals surface area contributed by atoms with Crippen LogP contribution in [-0.2, 0) is 16.0 Å². The molecule has 3 aromatic heterocycles. The van der Waals surface area contributed by atoms with E-state index >= 15 is 0 Å². The highest BCUT2D eigenvalue weighted by atomic mass is 16.6. The normalized spacial score (nSPS) is 14.8. The maximum Gasteiger partial charge on any atom is 0.410 e. The average molecular weight is 692 g/mol. The van der Waals surface area contributed by atoms with Gasteiger partial charge in [0.15, 0.2) is 5.58 Å². The Morgan fingerprint density at radius 1 is 0.961 bits per heavy atom. The molecule has 2 amide bonds. The highest BCUT2D eigenvalue weighted by Gasteiger charge is 2.35. The first kappa shape index (κ1) is 35.3. The van der Waals surface area contributed by atoms with E-state index < -0.39 is 17.3 Å². The van der Waals surface area contributed by atoms with Crippen molar-refractivity contribution in [1.82, 2.24) is 34.7 Å². The van der Waals surface area contributed by atoms with E-state index in [2.05, 4.69) is 25.9 Å². The molecule has 4 heterocycles. The van der Waals surface area contributed by atoms with Crippen molar-refractivity contribution in [2.24, 2.45) is 0 Å². The molecular formula is C39H45N7O5. The van der Waals surface area contributed by atoms with Crippen molar-refractivity contribution in [1.29, 1.82) is 0 Å². The molecule has 5 aromatic rings. The molecule has 0 radical (unpaired) electrons. The van der Waals surface area contributed by atoms with Crippen LogP contribution in [0.3, 0.4) is 0 Å². The monoisotopic (exact) mass is 691 g/mol. The Hall–Kier alpha value is -5.57. The Balaban J connectivity index is 1.13. The topological polar surface area (TPSA) is 142 Å². The van der Waals surface area contributed by atoms with Gasteiger partial charge >= 0.3 is 12.2 Å². The van der Waals surface area contributed by atoms with Gasteiger partial charge in [0.25, 0.3) is 0 Å². The van der Waals surface area contributed by atoms with Gasteiger partial charge in [-0.3, -0.25) is 4.90 Å². The number of aromatic nitrogens is 5. The van der Waals surface area contributed by atoms with Gasteiger partial charge in [-0.05, 0) is 96.7 Å². The molecule has 1 aliphatic heterocycles. The third kappa shape index (κ3) is 8.60. The minimum atomic E-state index is -0.609. The number of aromatic amines is 2. The molecule has 12 nitrogen and oxygen atoms in total. The zero-order valence-electron chi connectivity index (χ0n) is 30.1. The van der Waals surface area contributed by atoms with Crippen LogP contribution >= 0.6 is 0 Å². The van der Waals surface area contributed by atoms with Gasteiger partial charge in [-0.25, -0.2) is 24.5 Å². The fourth-order valence-electron chi connectivity index (χ4n) is 5.96. The highest BCUT2D eigenvalue weighted by molar-refractivity contribution is 5.82. The standard InChI is InChI=1S/C39H45N7O5/c1-8-9-10-19-45(36(47)50-38(2,3)4)24-33-40-22-29(42-33)25-13-15-26(16-14-25)35-44-28-21-27(17-18-32(28)49-35)30-23-41-34(43-30)31-12-11-20-46(31)37(48)51-39(5,6)7/h1,13-18,21-23,31H,9-12,19-20,24H2,2-7H3,(H,40,42)(H,41,43)/t31-/m0/s1. The number of benzene rings is 2. The third-order valence-corrected chi connectivity index (χ3v) is 8.30. The number of imidazole rings is 2. The summed E-state index contributed by atoms with van der Waals surface area (Å²) in [6.07, 6.45) is 11.2. The van der Waals surface area contributed by atoms with E-state index in [9.17, 15) is 9.59 Å². The third-order valence-electron chi connectivity index (χ3n) is 8.30. The van der Waals surface area contributed by atoms with E-state index in [1.807, 2.05) is 84.0 Å². The molecule has 1 aliphatic rings. The second kappa shape index (κ2) is 14.3. The van der Waals surface area contributed by atoms with Crippen LogP contribution in [0.2, 0.25) is 0 Å². The van der Waals surface area contributed by atoms with Crippen LogP contribution in [0.1, 0.15) is 84.9 Å². The summed E-state index contributed by atoms with van der Waals surface area (Å²) in [5.74, 6) is 4.50. The summed E-state index contributed by atoms with van der Waals surface area (Å²) in [4.78, 5) is 49.7. The summed E-state index contributed by atoms with van der Waals surface area (Å²) < 4.78 is 17.4. The number of nitrogens with zero attached hydrogens (tertiary/aromatic N) is 5. The Kier molecular flexibility index (Phi) is 9.92.